The molecule has 0 aromatic heterocycles. The van der Waals surface area contributed by atoms with Crippen LogP contribution in [0.2, 0.25) is 0 Å². The number of halogens is 1. The van der Waals surface area contributed by atoms with Crippen molar-refractivity contribution in [2.45, 2.75) is 38.6 Å². The van der Waals surface area contributed by atoms with E-state index in [2.05, 4.69) is 11.2 Å². The average molecular weight is 202 g/mol. The second kappa shape index (κ2) is 7.94. The Bertz CT molecular complexity index is 186. The lowest BCUT2D eigenvalue weighted by atomic mass is 10.1. The van der Waals surface area contributed by atoms with Crippen LogP contribution in [-0.4, -0.2) is 17.8 Å². The minimum Gasteiger partial charge on any atom is -0.352 e. The van der Waals surface area contributed by atoms with Gasteiger partial charge in [-0.1, -0.05) is 6.92 Å². The molecule has 0 fully saturated rings. The fraction of sp³-hybridized carbons (Fsp3) is 0.700. The smallest absolute Gasteiger partial charge is 0.220 e. The van der Waals surface area contributed by atoms with Gasteiger partial charge in [-0.25, -0.2) is 0 Å². The highest BCUT2D eigenvalue weighted by molar-refractivity contribution is 6.17. The van der Waals surface area contributed by atoms with Gasteiger partial charge >= 0.3 is 0 Å². The lowest BCUT2D eigenvalue weighted by Crippen LogP contribution is -2.33. The molecule has 0 aromatic carbocycles. The van der Waals surface area contributed by atoms with Crippen molar-refractivity contribution in [3.05, 3.63) is 0 Å². The van der Waals surface area contributed by atoms with Crippen LogP contribution in [0.4, 0.5) is 0 Å². The highest BCUT2D eigenvalue weighted by atomic mass is 35.5. The van der Waals surface area contributed by atoms with Crippen molar-refractivity contribution >= 4 is 17.5 Å². The van der Waals surface area contributed by atoms with E-state index in [0.29, 0.717) is 18.7 Å². The topological polar surface area (TPSA) is 29.1 Å². The van der Waals surface area contributed by atoms with Crippen molar-refractivity contribution in [1.29, 1.82) is 0 Å². The summed E-state index contributed by atoms with van der Waals surface area (Å²) in [7, 11) is 0. The number of hydrogen-bond donors (Lipinski definition) is 1. The molecule has 0 saturated heterocycles. The molecule has 1 atom stereocenters. The molecule has 1 amide bonds. The molecule has 0 bridgehead atoms. The summed E-state index contributed by atoms with van der Waals surface area (Å²) in [6, 6.07) is 0.118. The van der Waals surface area contributed by atoms with Crippen LogP contribution in [0.25, 0.3) is 0 Å². The van der Waals surface area contributed by atoms with Gasteiger partial charge in [0.15, 0.2) is 0 Å². The van der Waals surface area contributed by atoms with Crippen LogP contribution in [-0.2, 0) is 4.79 Å². The van der Waals surface area contributed by atoms with Crippen molar-refractivity contribution in [3.8, 4) is 12.3 Å². The van der Waals surface area contributed by atoms with Gasteiger partial charge in [0.2, 0.25) is 5.91 Å². The predicted octanol–water partition coefficient (Wildman–Crippen LogP) is 1.92. The van der Waals surface area contributed by atoms with Gasteiger partial charge in [-0.3, -0.25) is 4.79 Å². The molecule has 0 aliphatic heterocycles. The monoisotopic (exact) mass is 201 g/mol. The highest BCUT2D eigenvalue weighted by Crippen LogP contribution is 1.98. The molecule has 0 rings (SSSR count). The molecule has 0 heterocycles. The largest absolute Gasteiger partial charge is 0.352 e. The Morgan fingerprint density at radius 1 is 1.69 bits per heavy atom. The zero-order valence-corrected chi connectivity index (χ0v) is 8.73. The third kappa shape index (κ3) is 6.48. The maximum atomic E-state index is 11.2. The van der Waals surface area contributed by atoms with E-state index in [1.165, 1.54) is 0 Å². The van der Waals surface area contributed by atoms with E-state index >= 15 is 0 Å². The van der Waals surface area contributed by atoms with E-state index in [-0.39, 0.29) is 11.9 Å². The number of hydrogen-bond acceptors (Lipinski definition) is 1. The molecular formula is C10H16ClNO. The van der Waals surface area contributed by atoms with Crippen LogP contribution in [0.5, 0.6) is 0 Å². The second-order valence-corrected chi connectivity index (χ2v) is 3.25. The first-order valence-corrected chi connectivity index (χ1v) is 5.06. The summed E-state index contributed by atoms with van der Waals surface area (Å²) in [5, 5.41) is 2.86. The van der Waals surface area contributed by atoms with E-state index in [9.17, 15) is 4.79 Å². The molecular weight excluding hydrogens is 186 g/mol. The number of amides is 1. The molecule has 1 unspecified atom stereocenters. The molecule has 1 N–H and O–H groups in total. The Balaban J connectivity index is 3.67. The predicted molar refractivity (Wildman–Crippen MR) is 55.6 cm³/mol. The van der Waals surface area contributed by atoms with Crippen LogP contribution in [0, 0.1) is 12.3 Å². The first kappa shape index (κ1) is 12.3. The maximum Gasteiger partial charge on any atom is 0.220 e. The van der Waals surface area contributed by atoms with Gasteiger partial charge in [0.25, 0.3) is 0 Å². The molecule has 2 nitrogen and oxygen atoms in total. The van der Waals surface area contributed by atoms with Gasteiger partial charge in [-0.2, -0.15) is 0 Å². The lowest BCUT2D eigenvalue weighted by Gasteiger charge is -2.13. The fourth-order valence-electron chi connectivity index (χ4n) is 0.967. The number of terminal acetylenes is 1. The molecule has 0 aromatic rings. The molecule has 0 spiro atoms. The number of carbonyl (C=O) groups is 1. The summed E-state index contributed by atoms with van der Waals surface area (Å²) in [4.78, 5) is 11.2. The Morgan fingerprint density at radius 2 is 2.38 bits per heavy atom. The number of nitrogens with one attached hydrogen (secondary N) is 1. The van der Waals surface area contributed by atoms with Crippen LogP contribution in [0.1, 0.15) is 32.6 Å². The van der Waals surface area contributed by atoms with E-state index < -0.39 is 0 Å². The molecule has 0 saturated carbocycles. The van der Waals surface area contributed by atoms with Crippen molar-refractivity contribution < 1.29 is 4.79 Å². The van der Waals surface area contributed by atoms with E-state index in [0.717, 1.165) is 12.8 Å². The highest BCUT2D eigenvalue weighted by Gasteiger charge is 2.07. The van der Waals surface area contributed by atoms with Gasteiger partial charge in [0.05, 0.1) is 0 Å². The summed E-state index contributed by atoms with van der Waals surface area (Å²) < 4.78 is 0. The molecule has 13 heavy (non-hydrogen) atoms. The average Bonchev–Trinajstić information content (AvgIpc) is 2.14. The summed E-state index contributed by atoms with van der Waals surface area (Å²) in [5.41, 5.74) is 0. The zero-order valence-electron chi connectivity index (χ0n) is 7.98. The van der Waals surface area contributed by atoms with E-state index in [1.807, 2.05) is 6.92 Å². The quantitative estimate of drug-likeness (QED) is 0.517. The van der Waals surface area contributed by atoms with Gasteiger partial charge in [0, 0.05) is 24.8 Å². The standard InChI is InChI=1S/C10H16ClNO/c1-3-6-9(4-2)12-10(13)7-5-8-11/h1,9H,4-8H2,2H3,(H,12,13). The van der Waals surface area contributed by atoms with Crippen molar-refractivity contribution in [3.63, 3.8) is 0 Å². The summed E-state index contributed by atoms with van der Waals surface area (Å²) >= 11 is 5.46. The third-order valence-corrected chi connectivity index (χ3v) is 2.03. The first-order valence-electron chi connectivity index (χ1n) is 4.53. The van der Waals surface area contributed by atoms with Gasteiger partial charge in [0.1, 0.15) is 0 Å². The molecule has 0 aliphatic carbocycles. The SMILES string of the molecule is C#CCC(CC)NC(=O)CCCCl. The minimum atomic E-state index is 0.0442. The number of rotatable bonds is 6. The maximum absolute atomic E-state index is 11.2. The van der Waals surface area contributed by atoms with Crippen LogP contribution >= 0.6 is 11.6 Å². The summed E-state index contributed by atoms with van der Waals surface area (Å²) in [6.07, 6.45) is 7.84. The van der Waals surface area contributed by atoms with Crippen molar-refractivity contribution in [1.82, 2.24) is 5.32 Å². The summed E-state index contributed by atoms with van der Waals surface area (Å²) in [6.45, 7) is 2.00. The van der Waals surface area contributed by atoms with Crippen LogP contribution in [0.15, 0.2) is 0 Å². The summed E-state index contributed by atoms with van der Waals surface area (Å²) in [5.74, 6) is 3.11. The number of carbonyl (C=O) groups excluding carboxylic acids is 1. The zero-order chi connectivity index (χ0) is 10.1. The van der Waals surface area contributed by atoms with Gasteiger partial charge < -0.3 is 5.32 Å². The Labute approximate surface area is 85.0 Å². The third-order valence-electron chi connectivity index (χ3n) is 1.76. The van der Waals surface area contributed by atoms with E-state index in [4.69, 9.17) is 18.0 Å². The molecule has 0 aliphatic rings. The lowest BCUT2D eigenvalue weighted by molar-refractivity contribution is -0.121. The second-order valence-electron chi connectivity index (χ2n) is 2.87. The van der Waals surface area contributed by atoms with Crippen molar-refractivity contribution in [2.24, 2.45) is 0 Å². The van der Waals surface area contributed by atoms with Gasteiger partial charge in [-0.15, -0.1) is 23.9 Å². The normalized spacial score (nSPS) is 11.8. The first-order chi connectivity index (χ1) is 6.24. The Kier molecular flexibility index (Phi) is 7.53. The Morgan fingerprint density at radius 3 is 2.85 bits per heavy atom. The van der Waals surface area contributed by atoms with Crippen molar-refractivity contribution in [2.75, 3.05) is 5.88 Å². The number of alkyl halides is 1. The molecule has 0 radical (unpaired) electrons. The molecule has 74 valence electrons. The van der Waals surface area contributed by atoms with Crippen LogP contribution in [0.3, 0.4) is 0 Å². The Hall–Kier alpha value is -0.680. The molecule has 3 heteroatoms. The van der Waals surface area contributed by atoms with E-state index in [1.54, 1.807) is 0 Å². The van der Waals surface area contributed by atoms with Gasteiger partial charge in [-0.05, 0) is 12.8 Å². The van der Waals surface area contributed by atoms with Crippen LogP contribution < -0.4 is 5.32 Å². The minimum absolute atomic E-state index is 0.0442. The fourth-order valence-corrected chi connectivity index (χ4v) is 1.10.